The highest BCUT2D eigenvalue weighted by atomic mass is 16.5. The third-order valence-electron chi connectivity index (χ3n) is 4.61. The fourth-order valence-corrected chi connectivity index (χ4v) is 2.88. The molecule has 0 saturated heterocycles. The molecule has 2 N–H and O–H groups in total. The maximum atomic E-state index is 12.4. The highest BCUT2D eigenvalue weighted by molar-refractivity contribution is 6.39. The van der Waals surface area contributed by atoms with Gasteiger partial charge in [-0.05, 0) is 48.0 Å². The van der Waals surface area contributed by atoms with E-state index in [0.717, 1.165) is 0 Å². The van der Waals surface area contributed by atoms with Gasteiger partial charge in [-0.1, -0.05) is 18.2 Å². The normalized spacial score (nSPS) is 10.4. The van der Waals surface area contributed by atoms with Crippen LogP contribution in [0, 0.1) is 0 Å². The number of nitrogens with one attached hydrogen (secondary N) is 2. The summed E-state index contributed by atoms with van der Waals surface area (Å²) in [5, 5.41) is 6.23. The van der Waals surface area contributed by atoms with Gasteiger partial charge in [-0.25, -0.2) is 10.2 Å². The zero-order valence-corrected chi connectivity index (χ0v) is 19.2. The van der Waals surface area contributed by atoms with E-state index in [1.54, 1.807) is 60.7 Å². The van der Waals surface area contributed by atoms with Crippen molar-refractivity contribution in [2.45, 2.75) is 0 Å². The number of carbonyl (C=O) groups is 3. The van der Waals surface area contributed by atoms with Crippen molar-refractivity contribution in [3.05, 3.63) is 77.9 Å². The van der Waals surface area contributed by atoms with Crippen LogP contribution in [0.25, 0.3) is 0 Å². The zero-order valence-electron chi connectivity index (χ0n) is 19.2. The summed E-state index contributed by atoms with van der Waals surface area (Å²) in [6.45, 7) is 0. The molecule has 2 amide bonds. The summed E-state index contributed by atoms with van der Waals surface area (Å²) in [5.41, 5.74) is 3.26. The van der Waals surface area contributed by atoms with E-state index >= 15 is 0 Å². The first-order valence-corrected chi connectivity index (χ1v) is 10.3. The standard InChI is InChI=1S/C25H23N3O7/c1-32-18-8-5-7-17(13-18)25(31)35-20-9-4-6-16(12-20)15-26-28-24(30)23(29)27-21-14-19(33-2)10-11-22(21)34-3/h4-15H,1-3H3,(H,27,29)(H,28,30). The van der Waals surface area contributed by atoms with Crippen molar-refractivity contribution in [2.75, 3.05) is 26.6 Å². The Morgan fingerprint density at radius 3 is 2.23 bits per heavy atom. The van der Waals surface area contributed by atoms with E-state index < -0.39 is 17.8 Å². The average Bonchev–Trinajstić information content (AvgIpc) is 2.88. The van der Waals surface area contributed by atoms with E-state index in [9.17, 15) is 14.4 Å². The maximum absolute atomic E-state index is 12.4. The minimum Gasteiger partial charge on any atom is -0.497 e. The lowest BCUT2D eigenvalue weighted by atomic mass is 10.2. The van der Waals surface area contributed by atoms with Crippen molar-refractivity contribution in [1.82, 2.24) is 5.43 Å². The fourth-order valence-electron chi connectivity index (χ4n) is 2.88. The Kier molecular flexibility index (Phi) is 8.38. The smallest absolute Gasteiger partial charge is 0.343 e. The Morgan fingerprint density at radius 2 is 1.49 bits per heavy atom. The summed E-state index contributed by atoms with van der Waals surface area (Å²) < 4.78 is 20.8. The SMILES string of the molecule is COc1cccc(C(=O)Oc2cccc(C=NNC(=O)C(=O)Nc3cc(OC)ccc3OC)c2)c1. The molecule has 0 saturated carbocycles. The topological polar surface area (TPSA) is 125 Å². The summed E-state index contributed by atoms with van der Waals surface area (Å²) in [6.07, 6.45) is 1.31. The third-order valence-corrected chi connectivity index (χ3v) is 4.61. The van der Waals surface area contributed by atoms with Gasteiger partial charge in [0.25, 0.3) is 0 Å². The molecule has 0 aliphatic carbocycles. The molecule has 0 atom stereocenters. The molecule has 3 aromatic rings. The van der Waals surface area contributed by atoms with Crippen LogP contribution in [0.2, 0.25) is 0 Å². The molecule has 0 spiro atoms. The van der Waals surface area contributed by atoms with Gasteiger partial charge in [-0.2, -0.15) is 5.10 Å². The molecule has 0 fully saturated rings. The fraction of sp³-hybridized carbons (Fsp3) is 0.120. The monoisotopic (exact) mass is 477 g/mol. The molecule has 0 aliphatic rings. The summed E-state index contributed by atoms with van der Waals surface area (Å²) in [5.74, 6) is -0.861. The highest BCUT2D eigenvalue weighted by Gasteiger charge is 2.16. The van der Waals surface area contributed by atoms with E-state index in [2.05, 4.69) is 15.8 Å². The van der Waals surface area contributed by atoms with Crippen LogP contribution in [0.1, 0.15) is 15.9 Å². The molecule has 0 heterocycles. The van der Waals surface area contributed by atoms with Gasteiger partial charge in [0.1, 0.15) is 23.0 Å². The minimum absolute atomic E-state index is 0.265. The molecule has 0 aromatic heterocycles. The number of ether oxygens (including phenoxy) is 4. The molecule has 0 radical (unpaired) electrons. The molecule has 0 bridgehead atoms. The van der Waals surface area contributed by atoms with Gasteiger partial charge >= 0.3 is 17.8 Å². The molecule has 10 nitrogen and oxygen atoms in total. The molecule has 0 unspecified atom stereocenters. The van der Waals surface area contributed by atoms with Gasteiger partial charge in [0.05, 0.1) is 38.8 Å². The molecule has 180 valence electrons. The van der Waals surface area contributed by atoms with Crippen molar-refractivity contribution in [1.29, 1.82) is 0 Å². The van der Waals surface area contributed by atoms with Crippen molar-refractivity contribution >= 4 is 29.7 Å². The molecule has 10 heteroatoms. The summed E-state index contributed by atoms with van der Waals surface area (Å²) in [4.78, 5) is 36.7. The minimum atomic E-state index is -0.994. The van der Waals surface area contributed by atoms with Crippen LogP contribution in [-0.2, 0) is 9.59 Å². The molecule has 3 aromatic carbocycles. The number of amides is 2. The lowest BCUT2D eigenvalue weighted by molar-refractivity contribution is -0.136. The number of benzene rings is 3. The Bertz CT molecular complexity index is 1260. The number of hydrazone groups is 1. The number of carbonyl (C=O) groups excluding carboxylic acids is 3. The van der Waals surface area contributed by atoms with Gasteiger partial charge in [0.2, 0.25) is 0 Å². The van der Waals surface area contributed by atoms with E-state index in [1.807, 2.05) is 0 Å². The molecular weight excluding hydrogens is 454 g/mol. The molecular formula is C25H23N3O7. The first kappa shape index (κ1) is 24.8. The van der Waals surface area contributed by atoms with Crippen molar-refractivity contribution in [3.63, 3.8) is 0 Å². The predicted octanol–water partition coefficient (Wildman–Crippen LogP) is 3.02. The quantitative estimate of drug-likeness (QED) is 0.168. The Hall–Kier alpha value is -4.86. The van der Waals surface area contributed by atoms with Crippen molar-refractivity contribution < 1.29 is 33.3 Å². The van der Waals surface area contributed by atoms with Crippen LogP contribution in [0.3, 0.4) is 0 Å². The van der Waals surface area contributed by atoms with Crippen LogP contribution in [-0.4, -0.2) is 45.3 Å². The molecule has 3 rings (SSSR count). The Labute approximate surface area is 201 Å². The lowest BCUT2D eigenvalue weighted by Gasteiger charge is -2.11. The third kappa shape index (κ3) is 6.81. The second-order valence-electron chi connectivity index (χ2n) is 6.91. The molecule has 0 aliphatic heterocycles. The number of hydrogen-bond acceptors (Lipinski definition) is 8. The van der Waals surface area contributed by atoms with Gasteiger partial charge in [0, 0.05) is 6.07 Å². The number of rotatable bonds is 8. The van der Waals surface area contributed by atoms with Gasteiger partial charge < -0.3 is 24.3 Å². The summed E-state index contributed by atoms with van der Waals surface area (Å²) in [6, 6.07) is 17.8. The molecule has 35 heavy (non-hydrogen) atoms. The van der Waals surface area contributed by atoms with Crippen LogP contribution >= 0.6 is 0 Å². The lowest BCUT2D eigenvalue weighted by Crippen LogP contribution is -2.32. The van der Waals surface area contributed by atoms with Crippen LogP contribution in [0.5, 0.6) is 23.0 Å². The second-order valence-corrected chi connectivity index (χ2v) is 6.91. The number of esters is 1. The average molecular weight is 477 g/mol. The van der Waals surface area contributed by atoms with E-state index in [0.29, 0.717) is 28.4 Å². The maximum Gasteiger partial charge on any atom is 0.343 e. The number of methoxy groups -OCH3 is 3. The predicted molar refractivity (Wildman–Crippen MR) is 128 cm³/mol. The van der Waals surface area contributed by atoms with E-state index in [-0.39, 0.29) is 11.4 Å². The Morgan fingerprint density at radius 1 is 0.771 bits per heavy atom. The number of nitrogens with zero attached hydrogens (tertiary/aromatic N) is 1. The zero-order chi connectivity index (χ0) is 25.2. The number of hydrogen-bond donors (Lipinski definition) is 2. The van der Waals surface area contributed by atoms with E-state index in [4.69, 9.17) is 18.9 Å². The highest BCUT2D eigenvalue weighted by Crippen LogP contribution is 2.28. The summed E-state index contributed by atoms with van der Waals surface area (Å²) in [7, 11) is 4.42. The van der Waals surface area contributed by atoms with Crippen molar-refractivity contribution in [2.24, 2.45) is 5.10 Å². The van der Waals surface area contributed by atoms with Gasteiger partial charge in [-0.3, -0.25) is 9.59 Å². The number of anilines is 1. The summed E-state index contributed by atoms with van der Waals surface area (Å²) >= 11 is 0. The largest absolute Gasteiger partial charge is 0.497 e. The first-order chi connectivity index (χ1) is 16.9. The van der Waals surface area contributed by atoms with Crippen LogP contribution in [0.15, 0.2) is 71.8 Å². The first-order valence-electron chi connectivity index (χ1n) is 10.3. The van der Waals surface area contributed by atoms with Crippen molar-refractivity contribution in [3.8, 4) is 23.0 Å². The Balaban J connectivity index is 1.59. The van der Waals surface area contributed by atoms with E-state index in [1.165, 1.54) is 33.6 Å². The second kappa shape index (κ2) is 11.8. The van der Waals surface area contributed by atoms with Crippen LogP contribution < -0.4 is 29.7 Å². The van der Waals surface area contributed by atoms with Gasteiger partial charge in [0.15, 0.2) is 0 Å². The van der Waals surface area contributed by atoms with Gasteiger partial charge in [-0.15, -0.1) is 0 Å². The van der Waals surface area contributed by atoms with Crippen LogP contribution in [0.4, 0.5) is 5.69 Å².